The number of carbonyl (C=O) groups is 2. The Hall–Kier alpha value is -4.95. The van der Waals surface area contributed by atoms with Crippen molar-refractivity contribution in [1.82, 2.24) is 24.4 Å². The number of aromatic nitrogens is 5. The Morgan fingerprint density at radius 1 is 1.02 bits per heavy atom. The normalized spacial score (nSPS) is 11.7. The van der Waals surface area contributed by atoms with Crippen LogP contribution >= 0.6 is 0 Å². The number of rotatable bonds is 8. The van der Waals surface area contributed by atoms with Crippen LogP contribution in [0.5, 0.6) is 0 Å². The van der Waals surface area contributed by atoms with E-state index in [1.165, 1.54) is 45.8 Å². The molecule has 14 heteroatoms. The van der Waals surface area contributed by atoms with E-state index in [0.29, 0.717) is 39.4 Å². The molecule has 2 amide bonds. The van der Waals surface area contributed by atoms with Gasteiger partial charge in [-0.15, -0.1) is 5.10 Å². The van der Waals surface area contributed by atoms with Crippen LogP contribution in [0, 0.1) is 12.7 Å². The van der Waals surface area contributed by atoms with Crippen LogP contribution in [0.1, 0.15) is 23.0 Å². The monoisotopic (exact) mass is 576 g/mol. The van der Waals surface area contributed by atoms with Gasteiger partial charge >= 0.3 is 6.09 Å². The molecule has 3 heterocycles. The summed E-state index contributed by atoms with van der Waals surface area (Å²) in [4.78, 5) is 29.0. The maximum absolute atomic E-state index is 13.4. The second kappa shape index (κ2) is 11.7. The maximum atomic E-state index is 13.4. The first-order valence-corrected chi connectivity index (χ1v) is 13.9. The molecule has 3 N–H and O–H groups in total. The number of anilines is 4. The summed E-state index contributed by atoms with van der Waals surface area (Å²) in [5.41, 5.74) is 3.12. The van der Waals surface area contributed by atoms with Crippen molar-refractivity contribution >= 4 is 51.8 Å². The van der Waals surface area contributed by atoms with Crippen molar-refractivity contribution in [2.75, 3.05) is 28.8 Å². The lowest BCUT2D eigenvalue weighted by Gasteiger charge is -2.11. The van der Waals surface area contributed by atoms with Crippen molar-refractivity contribution < 1.29 is 23.3 Å². The lowest BCUT2D eigenvalue weighted by Crippen LogP contribution is -2.13. The van der Waals surface area contributed by atoms with Gasteiger partial charge in [0.1, 0.15) is 12.1 Å². The fourth-order valence-electron chi connectivity index (χ4n) is 3.90. The second-order valence-electron chi connectivity index (χ2n) is 8.81. The quantitative estimate of drug-likeness (QED) is 0.226. The number of imidazole rings is 1. The zero-order valence-electron chi connectivity index (χ0n) is 22.2. The van der Waals surface area contributed by atoms with Crippen LogP contribution < -0.4 is 16.0 Å². The summed E-state index contributed by atoms with van der Waals surface area (Å²) in [5.74, 6) is -0.132. The third-order valence-corrected chi connectivity index (χ3v) is 6.74. The highest BCUT2D eigenvalue weighted by Gasteiger charge is 2.22. The Bertz CT molecular complexity index is 1740. The number of ether oxygens (including phenoxy) is 1. The smallest absolute Gasteiger partial charge is 0.412 e. The molecule has 0 radical (unpaired) electrons. The fraction of sp³-hybridized carbons (Fsp3) is 0.148. The first-order valence-electron chi connectivity index (χ1n) is 12.4. The third-order valence-electron chi connectivity index (χ3n) is 5.86. The SMILES string of the molecule is CCOC(=O)Nc1cn2nc(Nc3cc(NC(=O)c4cc([S+](C)[O-])n(-c5ccc(F)cc5)n4)ccc3C)ccc2n1. The number of carbonyl (C=O) groups excluding carboxylic acids is 2. The van der Waals surface area contributed by atoms with E-state index in [0.717, 1.165) is 5.56 Å². The molecule has 5 aromatic rings. The standard InChI is InChI=1S/C27H25FN8O4S/c1-4-40-27(38)32-23-15-35-24(31-23)12-11-22(34-35)30-20-13-18(8-5-16(20)2)29-26(37)21-14-25(41(3)39)36(33-21)19-9-6-17(28)7-10-19/h5-15H,4H2,1-3H3,(H,29,37)(H,30,34)(H,32,38). The van der Waals surface area contributed by atoms with Gasteiger partial charge in [0.25, 0.3) is 5.91 Å². The number of nitrogens with zero attached hydrogens (tertiary/aromatic N) is 5. The number of nitrogens with one attached hydrogen (secondary N) is 3. The molecule has 210 valence electrons. The first kappa shape index (κ1) is 27.6. The molecule has 0 spiro atoms. The predicted octanol–water partition coefficient (Wildman–Crippen LogP) is 4.66. The zero-order chi connectivity index (χ0) is 29.1. The van der Waals surface area contributed by atoms with Gasteiger partial charge in [-0.2, -0.15) is 9.78 Å². The lowest BCUT2D eigenvalue weighted by atomic mass is 10.1. The van der Waals surface area contributed by atoms with E-state index in [9.17, 15) is 18.5 Å². The molecular formula is C27H25FN8O4S. The second-order valence-corrected chi connectivity index (χ2v) is 10.1. The molecule has 0 aliphatic rings. The van der Waals surface area contributed by atoms with E-state index in [2.05, 4.69) is 31.1 Å². The van der Waals surface area contributed by atoms with Gasteiger partial charge in [0.05, 0.1) is 18.5 Å². The van der Waals surface area contributed by atoms with Gasteiger partial charge in [-0.05, 0) is 67.9 Å². The number of hydrogen-bond acceptors (Lipinski definition) is 8. The van der Waals surface area contributed by atoms with Crippen LogP contribution in [-0.2, 0) is 15.9 Å². The minimum atomic E-state index is -1.45. The summed E-state index contributed by atoms with van der Waals surface area (Å²) in [7, 11) is 0. The van der Waals surface area contributed by atoms with Crippen molar-refractivity contribution in [3.05, 3.63) is 83.9 Å². The van der Waals surface area contributed by atoms with Crippen LogP contribution in [0.15, 0.2) is 71.9 Å². The average Bonchev–Trinajstić information content (AvgIpc) is 3.55. The van der Waals surface area contributed by atoms with Crippen LogP contribution in [0.4, 0.5) is 32.2 Å². The number of halogens is 1. The van der Waals surface area contributed by atoms with Crippen LogP contribution in [0.25, 0.3) is 11.3 Å². The third kappa shape index (κ3) is 6.28. The maximum Gasteiger partial charge on any atom is 0.412 e. The summed E-state index contributed by atoms with van der Waals surface area (Å²) in [5, 5.41) is 17.7. The molecule has 0 bridgehead atoms. The molecule has 0 saturated carbocycles. The highest BCUT2D eigenvalue weighted by molar-refractivity contribution is 7.90. The molecule has 0 aliphatic carbocycles. The Labute approximate surface area is 236 Å². The molecule has 1 unspecified atom stereocenters. The van der Waals surface area contributed by atoms with Gasteiger partial charge in [-0.1, -0.05) is 6.07 Å². The van der Waals surface area contributed by atoms with E-state index < -0.39 is 29.0 Å². The molecule has 41 heavy (non-hydrogen) atoms. The van der Waals surface area contributed by atoms with E-state index >= 15 is 0 Å². The van der Waals surface area contributed by atoms with E-state index in [-0.39, 0.29) is 12.3 Å². The van der Waals surface area contributed by atoms with Crippen molar-refractivity contribution in [2.24, 2.45) is 0 Å². The molecule has 5 rings (SSSR count). The van der Waals surface area contributed by atoms with Gasteiger partial charge in [0, 0.05) is 28.6 Å². The van der Waals surface area contributed by atoms with Crippen LogP contribution in [0.3, 0.4) is 0 Å². The summed E-state index contributed by atoms with van der Waals surface area (Å²) < 4.78 is 33.4. The van der Waals surface area contributed by atoms with Gasteiger partial charge in [-0.25, -0.2) is 18.7 Å². The highest BCUT2D eigenvalue weighted by Crippen LogP contribution is 2.25. The Morgan fingerprint density at radius 2 is 1.80 bits per heavy atom. The molecule has 0 fully saturated rings. The van der Waals surface area contributed by atoms with Gasteiger partial charge in [0.15, 0.2) is 23.0 Å². The van der Waals surface area contributed by atoms with Crippen LogP contribution in [0.2, 0.25) is 0 Å². The van der Waals surface area contributed by atoms with Crippen molar-refractivity contribution in [1.29, 1.82) is 0 Å². The topological polar surface area (TPSA) is 151 Å². The molecule has 3 aromatic heterocycles. The Morgan fingerprint density at radius 3 is 2.54 bits per heavy atom. The largest absolute Gasteiger partial charge is 0.610 e. The summed E-state index contributed by atoms with van der Waals surface area (Å²) in [6.45, 7) is 3.85. The number of hydrogen-bond donors (Lipinski definition) is 3. The summed E-state index contributed by atoms with van der Waals surface area (Å²) in [6, 6.07) is 15.7. The molecule has 0 saturated heterocycles. The summed E-state index contributed by atoms with van der Waals surface area (Å²) >= 11 is -1.45. The number of benzene rings is 2. The fourth-order valence-corrected chi connectivity index (χ4v) is 4.56. The average molecular weight is 577 g/mol. The van der Waals surface area contributed by atoms with Crippen molar-refractivity contribution in [3.63, 3.8) is 0 Å². The minimum Gasteiger partial charge on any atom is -0.610 e. The van der Waals surface area contributed by atoms with Gasteiger partial charge in [0.2, 0.25) is 5.03 Å². The van der Waals surface area contributed by atoms with Crippen molar-refractivity contribution in [2.45, 2.75) is 18.9 Å². The number of aryl methyl sites for hydroxylation is 1. The first-order chi connectivity index (χ1) is 19.7. The molecule has 2 aromatic carbocycles. The van der Waals surface area contributed by atoms with Gasteiger partial charge < -0.3 is 19.9 Å². The van der Waals surface area contributed by atoms with E-state index in [4.69, 9.17) is 4.74 Å². The van der Waals surface area contributed by atoms with Crippen LogP contribution in [-0.4, -0.2) is 53.8 Å². The summed E-state index contributed by atoms with van der Waals surface area (Å²) in [6.07, 6.45) is 2.43. The number of fused-ring (bicyclic) bond motifs is 1. The Kier molecular flexibility index (Phi) is 7.85. The zero-order valence-corrected chi connectivity index (χ0v) is 23.0. The van der Waals surface area contributed by atoms with E-state index in [1.807, 2.05) is 13.0 Å². The number of amides is 2. The lowest BCUT2D eigenvalue weighted by molar-refractivity contribution is 0.102. The van der Waals surface area contributed by atoms with Gasteiger partial charge in [-0.3, -0.25) is 10.1 Å². The van der Waals surface area contributed by atoms with E-state index in [1.54, 1.807) is 37.4 Å². The Balaban J connectivity index is 1.33. The molecule has 12 nitrogen and oxygen atoms in total. The molecule has 1 atom stereocenters. The molecule has 0 aliphatic heterocycles. The van der Waals surface area contributed by atoms with Crippen molar-refractivity contribution in [3.8, 4) is 5.69 Å². The molecular weight excluding hydrogens is 551 g/mol. The minimum absolute atomic E-state index is 0.0501. The highest BCUT2D eigenvalue weighted by atomic mass is 32.2. The predicted molar refractivity (Wildman–Crippen MR) is 152 cm³/mol.